The van der Waals surface area contributed by atoms with Crippen molar-refractivity contribution in [1.29, 1.82) is 0 Å². The summed E-state index contributed by atoms with van der Waals surface area (Å²) >= 11 is 0. The molecule has 0 bridgehead atoms. The molecule has 1 N–H and O–H groups in total. The van der Waals surface area contributed by atoms with Crippen LogP contribution in [-0.2, 0) is 14.8 Å². The average molecular weight is 322 g/mol. The molecule has 2 fully saturated rings. The number of likely N-dealkylation sites (tertiary alicyclic amines) is 1. The van der Waals surface area contributed by atoms with Crippen LogP contribution in [0.5, 0.6) is 0 Å². The molecule has 1 aliphatic heterocycles. The maximum Gasteiger partial charge on any atom is 0.241 e. The second-order valence-electron chi connectivity index (χ2n) is 6.53. The van der Waals surface area contributed by atoms with Crippen LogP contribution in [0.25, 0.3) is 0 Å². The normalized spacial score (nSPS) is 22.4. The zero-order valence-corrected chi connectivity index (χ0v) is 14.0. The summed E-state index contributed by atoms with van der Waals surface area (Å²) in [6.07, 6.45) is 2.35. The van der Waals surface area contributed by atoms with E-state index in [4.69, 9.17) is 0 Å². The van der Waals surface area contributed by atoms with Crippen molar-refractivity contribution in [3.8, 4) is 0 Å². The summed E-state index contributed by atoms with van der Waals surface area (Å²) in [6, 6.07) is 3.76. The number of carbonyl (C=O) groups excluding carboxylic acids is 1. The van der Waals surface area contributed by atoms with Crippen molar-refractivity contribution in [2.45, 2.75) is 57.0 Å². The van der Waals surface area contributed by atoms with E-state index >= 15 is 0 Å². The van der Waals surface area contributed by atoms with E-state index in [1.165, 1.54) is 0 Å². The van der Waals surface area contributed by atoms with Gasteiger partial charge in [-0.25, -0.2) is 13.1 Å². The molecule has 0 spiro atoms. The lowest BCUT2D eigenvalue weighted by atomic mass is 10.1. The van der Waals surface area contributed by atoms with Crippen molar-refractivity contribution in [1.82, 2.24) is 9.62 Å². The van der Waals surface area contributed by atoms with Gasteiger partial charge in [-0.1, -0.05) is 17.7 Å². The minimum absolute atomic E-state index is 0.0625. The van der Waals surface area contributed by atoms with Gasteiger partial charge < -0.3 is 4.90 Å². The fourth-order valence-corrected chi connectivity index (χ4v) is 5.10. The van der Waals surface area contributed by atoms with Gasteiger partial charge in [0.25, 0.3) is 0 Å². The number of hydrogen-bond donors (Lipinski definition) is 1. The third-order valence-electron chi connectivity index (χ3n) is 4.34. The van der Waals surface area contributed by atoms with Crippen molar-refractivity contribution in [3.05, 3.63) is 28.8 Å². The smallest absolute Gasteiger partial charge is 0.241 e. The molecule has 1 saturated carbocycles. The Kier molecular flexibility index (Phi) is 3.77. The molecule has 0 radical (unpaired) electrons. The van der Waals surface area contributed by atoms with E-state index in [0.717, 1.165) is 29.5 Å². The first-order valence-corrected chi connectivity index (χ1v) is 9.16. The molecular formula is C16H22N2O3S. The number of hydrogen-bond acceptors (Lipinski definition) is 3. The van der Waals surface area contributed by atoms with E-state index in [2.05, 4.69) is 4.72 Å². The third kappa shape index (κ3) is 2.90. The molecule has 2 aliphatic rings. The topological polar surface area (TPSA) is 66.5 Å². The molecule has 1 unspecified atom stereocenters. The maximum absolute atomic E-state index is 12.7. The molecule has 3 rings (SSSR count). The van der Waals surface area contributed by atoms with E-state index in [-0.39, 0.29) is 18.4 Å². The molecule has 5 nitrogen and oxygen atoms in total. The summed E-state index contributed by atoms with van der Waals surface area (Å²) in [4.78, 5) is 14.1. The van der Waals surface area contributed by atoms with Gasteiger partial charge in [-0.2, -0.15) is 0 Å². The molecule has 22 heavy (non-hydrogen) atoms. The summed E-state index contributed by atoms with van der Waals surface area (Å²) in [5.41, 5.74) is 2.53. The highest BCUT2D eigenvalue weighted by Crippen LogP contribution is 2.31. The Balaban J connectivity index is 1.81. The highest BCUT2D eigenvalue weighted by molar-refractivity contribution is 7.89. The van der Waals surface area contributed by atoms with Gasteiger partial charge in [0, 0.05) is 25.0 Å². The summed E-state index contributed by atoms with van der Waals surface area (Å²) in [5, 5.41) is 0. The van der Waals surface area contributed by atoms with Crippen molar-refractivity contribution in [3.63, 3.8) is 0 Å². The Morgan fingerprint density at radius 3 is 2.27 bits per heavy atom. The minimum Gasteiger partial charge on any atom is -0.338 e. The molecular weight excluding hydrogens is 300 g/mol. The van der Waals surface area contributed by atoms with Gasteiger partial charge in [0.15, 0.2) is 0 Å². The molecule has 0 aromatic heterocycles. The van der Waals surface area contributed by atoms with Gasteiger partial charge in [0.2, 0.25) is 15.9 Å². The van der Waals surface area contributed by atoms with Crippen molar-refractivity contribution in [2.75, 3.05) is 6.54 Å². The van der Waals surface area contributed by atoms with Crippen molar-refractivity contribution in [2.24, 2.45) is 0 Å². The van der Waals surface area contributed by atoms with Crippen LogP contribution in [0.15, 0.2) is 17.0 Å². The number of carbonyl (C=O) groups is 1. The standard InChI is InChI=1S/C16H22N2O3S/c1-10-6-11(2)16(12(3)7-10)22(20,21)17-13-8-15(19)18(9-13)14-4-5-14/h6-7,13-14,17H,4-5,8-9H2,1-3H3. The van der Waals surface area contributed by atoms with Gasteiger partial charge in [-0.05, 0) is 44.7 Å². The summed E-state index contributed by atoms with van der Waals surface area (Å²) in [7, 11) is -3.60. The Hall–Kier alpha value is -1.40. The Bertz CT molecular complexity index is 700. The van der Waals surface area contributed by atoms with Crippen LogP contribution in [0.3, 0.4) is 0 Å². The lowest BCUT2D eigenvalue weighted by Gasteiger charge is -2.18. The monoisotopic (exact) mass is 322 g/mol. The maximum atomic E-state index is 12.7. The SMILES string of the molecule is Cc1cc(C)c(S(=O)(=O)NC2CC(=O)N(C3CC3)C2)c(C)c1. The van der Waals surface area contributed by atoms with Crippen LogP contribution in [0.4, 0.5) is 0 Å². The molecule has 1 atom stereocenters. The summed E-state index contributed by atoms with van der Waals surface area (Å²) in [5.74, 6) is 0.0625. The van der Waals surface area contributed by atoms with Crippen LogP contribution in [0.2, 0.25) is 0 Å². The minimum atomic E-state index is -3.60. The highest BCUT2D eigenvalue weighted by atomic mass is 32.2. The quantitative estimate of drug-likeness (QED) is 0.916. The second kappa shape index (κ2) is 5.35. The molecule has 1 saturated heterocycles. The predicted octanol–water partition coefficient (Wildman–Crippen LogP) is 1.65. The van der Waals surface area contributed by atoms with Crippen LogP contribution >= 0.6 is 0 Å². The van der Waals surface area contributed by atoms with E-state index in [0.29, 0.717) is 17.5 Å². The number of nitrogens with one attached hydrogen (secondary N) is 1. The van der Waals surface area contributed by atoms with Gasteiger partial charge in [-0.15, -0.1) is 0 Å². The molecule has 1 aliphatic carbocycles. The number of aryl methyl sites for hydroxylation is 3. The zero-order chi connectivity index (χ0) is 16.1. The fourth-order valence-electron chi connectivity index (χ4n) is 3.42. The molecule has 1 aromatic rings. The zero-order valence-electron chi connectivity index (χ0n) is 13.2. The first-order valence-electron chi connectivity index (χ1n) is 7.67. The van der Waals surface area contributed by atoms with Gasteiger partial charge in [0.1, 0.15) is 0 Å². The molecule has 1 amide bonds. The van der Waals surface area contributed by atoms with E-state index in [1.807, 2.05) is 37.8 Å². The number of nitrogens with zero attached hydrogens (tertiary/aromatic N) is 1. The van der Waals surface area contributed by atoms with E-state index < -0.39 is 10.0 Å². The van der Waals surface area contributed by atoms with Crippen LogP contribution in [0, 0.1) is 20.8 Å². The Morgan fingerprint density at radius 1 is 1.14 bits per heavy atom. The van der Waals surface area contributed by atoms with Crippen molar-refractivity contribution >= 4 is 15.9 Å². The molecule has 120 valence electrons. The lowest BCUT2D eigenvalue weighted by molar-refractivity contribution is -0.128. The van der Waals surface area contributed by atoms with E-state index in [1.54, 1.807) is 0 Å². The van der Waals surface area contributed by atoms with Gasteiger partial charge >= 0.3 is 0 Å². The molecule has 1 heterocycles. The number of benzene rings is 1. The second-order valence-corrected chi connectivity index (χ2v) is 8.18. The Labute approximate surface area is 131 Å². The van der Waals surface area contributed by atoms with Crippen LogP contribution in [0.1, 0.15) is 36.0 Å². The number of amides is 1. The largest absolute Gasteiger partial charge is 0.338 e. The highest BCUT2D eigenvalue weighted by Gasteiger charge is 2.40. The molecule has 6 heteroatoms. The average Bonchev–Trinajstić information content (AvgIpc) is 3.12. The fraction of sp³-hybridized carbons (Fsp3) is 0.562. The van der Waals surface area contributed by atoms with Gasteiger partial charge in [-0.3, -0.25) is 4.79 Å². The summed E-state index contributed by atoms with van der Waals surface area (Å²) in [6.45, 7) is 6.06. The first kappa shape index (κ1) is 15.5. The van der Waals surface area contributed by atoms with Crippen molar-refractivity contribution < 1.29 is 13.2 Å². The summed E-state index contributed by atoms with van der Waals surface area (Å²) < 4.78 is 28.1. The number of rotatable bonds is 4. The predicted molar refractivity (Wildman–Crippen MR) is 84.1 cm³/mol. The number of sulfonamides is 1. The van der Waals surface area contributed by atoms with Gasteiger partial charge in [0.05, 0.1) is 4.90 Å². The van der Waals surface area contributed by atoms with E-state index in [9.17, 15) is 13.2 Å². The first-order chi connectivity index (χ1) is 10.3. The third-order valence-corrected chi connectivity index (χ3v) is 6.17. The molecule has 1 aromatic carbocycles. The van der Waals surface area contributed by atoms with Crippen LogP contribution < -0.4 is 4.72 Å². The van der Waals surface area contributed by atoms with Crippen LogP contribution in [-0.4, -0.2) is 37.9 Å². The lowest BCUT2D eigenvalue weighted by Crippen LogP contribution is -2.38. The Morgan fingerprint density at radius 2 is 1.73 bits per heavy atom.